The third kappa shape index (κ3) is 4.00. The molecule has 1 aliphatic rings. The van der Waals surface area contributed by atoms with Crippen LogP contribution in [0.4, 0.5) is 0 Å². The molecule has 1 aromatic rings. The van der Waals surface area contributed by atoms with Gasteiger partial charge in [0.2, 0.25) is 0 Å². The molecule has 0 aliphatic heterocycles. The minimum Gasteiger partial charge on any atom is -0.507 e. The van der Waals surface area contributed by atoms with E-state index in [1.54, 1.807) is 12.1 Å². The van der Waals surface area contributed by atoms with Crippen LogP contribution in [0.25, 0.3) is 0 Å². The van der Waals surface area contributed by atoms with Crippen molar-refractivity contribution in [3.8, 4) is 5.75 Å². The van der Waals surface area contributed by atoms with E-state index in [2.05, 4.69) is 19.2 Å². The summed E-state index contributed by atoms with van der Waals surface area (Å²) in [4.78, 5) is 23.7. The van der Waals surface area contributed by atoms with Gasteiger partial charge in [0.1, 0.15) is 11.3 Å². The maximum atomic E-state index is 11.9. The normalized spacial score (nSPS) is 24.5. The summed E-state index contributed by atoms with van der Waals surface area (Å²) in [6.07, 6.45) is 3.26. The Hall–Kier alpha value is -2.04. The number of carbonyl (C=O) groups excluding carboxylic acids is 2. The predicted molar refractivity (Wildman–Crippen MR) is 82.5 cm³/mol. The van der Waals surface area contributed by atoms with Crippen LogP contribution in [-0.2, 0) is 9.53 Å². The van der Waals surface area contributed by atoms with Gasteiger partial charge in [-0.15, -0.1) is 0 Å². The highest BCUT2D eigenvalue weighted by atomic mass is 16.5. The van der Waals surface area contributed by atoms with Crippen LogP contribution in [0.15, 0.2) is 24.3 Å². The average Bonchev–Trinajstić information content (AvgIpc) is 2.50. The first kappa shape index (κ1) is 16.3. The quantitative estimate of drug-likeness (QED) is 0.838. The van der Waals surface area contributed by atoms with Crippen LogP contribution in [-0.4, -0.2) is 29.6 Å². The second-order valence-corrected chi connectivity index (χ2v) is 6.03. The summed E-state index contributed by atoms with van der Waals surface area (Å²) in [5.41, 5.74) is 0.0648. The van der Waals surface area contributed by atoms with Gasteiger partial charge in [-0.3, -0.25) is 4.79 Å². The molecule has 0 heterocycles. The molecule has 0 bridgehead atoms. The monoisotopic (exact) mass is 305 g/mol. The second-order valence-electron chi connectivity index (χ2n) is 6.03. The van der Waals surface area contributed by atoms with Gasteiger partial charge in [-0.2, -0.15) is 0 Å². The largest absolute Gasteiger partial charge is 0.507 e. The number of amides is 1. The van der Waals surface area contributed by atoms with E-state index in [0.29, 0.717) is 11.8 Å². The molecule has 1 aliphatic carbocycles. The number of ether oxygens (including phenoxy) is 1. The van der Waals surface area contributed by atoms with E-state index < -0.39 is 5.97 Å². The van der Waals surface area contributed by atoms with Crippen molar-refractivity contribution < 1.29 is 19.4 Å². The number of esters is 1. The van der Waals surface area contributed by atoms with E-state index in [-0.39, 0.29) is 29.9 Å². The Morgan fingerprint density at radius 3 is 2.73 bits per heavy atom. The molecular formula is C17H23NO4. The summed E-state index contributed by atoms with van der Waals surface area (Å²) >= 11 is 0. The molecule has 5 nitrogen and oxygen atoms in total. The number of carbonyl (C=O) groups is 2. The predicted octanol–water partition coefficient (Wildman–Crippen LogP) is 2.49. The fourth-order valence-corrected chi connectivity index (χ4v) is 2.89. The zero-order chi connectivity index (χ0) is 16.1. The summed E-state index contributed by atoms with van der Waals surface area (Å²) < 4.78 is 4.96. The van der Waals surface area contributed by atoms with E-state index in [9.17, 15) is 14.7 Å². The lowest BCUT2D eigenvalue weighted by atomic mass is 9.78. The number of rotatable bonds is 4. The van der Waals surface area contributed by atoms with Gasteiger partial charge in [-0.05, 0) is 30.4 Å². The number of nitrogens with one attached hydrogen (secondary N) is 1. The average molecular weight is 305 g/mol. The molecule has 0 unspecified atom stereocenters. The lowest BCUT2D eigenvalue weighted by Crippen LogP contribution is -2.45. The van der Waals surface area contributed by atoms with E-state index >= 15 is 0 Å². The molecule has 0 saturated heterocycles. The fourth-order valence-electron chi connectivity index (χ4n) is 2.89. The molecule has 0 radical (unpaired) electrons. The number of hydrogen-bond donors (Lipinski definition) is 2. The van der Waals surface area contributed by atoms with Gasteiger partial charge in [0.05, 0.1) is 0 Å². The topological polar surface area (TPSA) is 75.6 Å². The maximum absolute atomic E-state index is 11.9. The summed E-state index contributed by atoms with van der Waals surface area (Å²) in [7, 11) is 0. The van der Waals surface area contributed by atoms with Crippen LogP contribution >= 0.6 is 0 Å². The lowest BCUT2D eigenvalue weighted by Gasteiger charge is -2.34. The molecule has 2 rings (SSSR count). The smallest absolute Gasteiger partial charge is 0.342 e. The van der Waals surface area contributed by atoms with Gasteiger partial charge < -0.3 is 15.2 Å². The molecule has 3 atom stereocenters. The summed E-state index contributed by atoms with van der Waals surface area (Å²) in [6, 6.07) is 6.24. The highest BCUT2D eigenvalue weighted by Gasteiger charge is 2.28. The summed E-state index contributed by atoms with van der Waals surface area (Å²) in [5.74, 6) is -0.134. The van der Waals surface area contributed by atoms with Crippen molar-refractivity contribution in [2.45, 2.75) is 39.2 Å². The SMILES string of the molecule is C[C@@H]1[C@@H](C)CCC[C@H]1NC(=O)COC(=O)c1ccccc1O. The van der Waals surface area contributed by atoms with Gasteiger partial charge >= 0.3 is 5.97 Å². The van der Waals surface area contributed by atoms with Crippen LogP contribution in [0.5, 0.6) is 5.75 Å². The standard InChI is InChI=1S/C17H23NO4/c1-11-6-5-8-14(12(11)2)18-16(20)10-22-17(21)13-7-3-4-9-15(13)19/h3-4,7,9,11-12,14,19H,5-6,8,10H2,1-2H3,(H,18,20)/t11-,12+,14+/m0/s1. The van der Waals surface area contributed by atoms with Crippen LogP contribution in [0.1, 0.15) is 43.5 Å². The van der Waals surface area contributed by atoms with Crippen LogP contribution in [0.3, 0.4) is 0 Å². The number of phenols is 1. The van der Waals surface area contributed by atoms with E-state index in [4.69, 9.17) is 4.74 Å². The van der Waals surface area contributed by atoms with Crippen molar-refractivity contribution in [1.82, 2.24) is 5.32 Å². The minimum absolute atomic E-state index is 0.0648. The Morgan fingerprint density at radius 1 is 1.27 bits per heavy atom. The molecule has 1 amide bonds. The number of para-hydroxylation sites is 1. The first-order chi connectivity index (χ1) is 10.5. The number of hydrogen-bond acceptors (Lipinski definition) is 4. The van der Waals surface area contributed by atoms with E-state index in [1.807, 2.05) is 0 Å². The molecule has 1 saturated carbocycles. The van der Waals surface area contributed by atoms with Gasteiger partial charge in [-0.25, -0.2) is 4.79 Å². The van der Waals surface area contributed by atoms with E-state index in [0.717, 1.165) is 12.8 Å². The van der Waals surface area contributed by atoms with Crippen molar-refractivity contribution in [2.75, 3.05) is 6.61 Å². The van der Waals surface area contributed by atoms with Crippen LogP contribution in [0, 0.1) is 11.8 Å². The number of aromatic hydroxyl groups is 1. The lowest BCUT2D eigenvalue weighted by molar-refractivity contribution is -0.125. The van der Waals surface area contributed by atoms with Gasteiger partial charge in [0.25, 0.3) is 5.91 Å². The van der Waals surface area contributed by atoms with Crippen molar-refractivity contribution in [3.05, 3.63) is 29.8 Å². The molecule has 0 aromatic heterocycles. The summed E-state index contributed by atoms with van der Waals surface area (Å²) in [5, 5.41) is 12.5. The third-order valence-corrected chi connectivity index (χ3v) is 4.51. The zero-order valence-corrected chi connectivity index (χ0v) is 13.0. The number of benzene rings is 1. The molecule has 120 valence electrons. The molecule has 22 heavy (non-hydrogen) atoms. The number of phenolic OH excluding ortho intramolecular Hbond substituents is 1. The van der Waals surface area contributed by atoms with Gasteiger partial charge in [0.15, 0.2) is 6.61 Å². The maximum Gasteiger partial charge on any atom is 0.342 e. The highest BCUT2D eigenvalue weighted by Crippen LogP contribution is 2.29. The first-order valence-corrected chi connectivity index (χ1v) is 7.73. The molecular weight excluding hydrogens is 282 g/mol. The second kappa shape index (κ2) is 7.29. The van der Waals surface area contributed by atoms with Crippen molar-refractivity contribution in [1.29, 1.82) is 0 Å². The van der Waals surface area contributed by atoms with Crippen molar-refractivity contribution >= 4 is 11.9 Å². The first-order valence-electron chi connectivity index (χ1n) is 7.73. The minimum atomic E-state index is -0.696. The van der Waals surface area contributed by atoms with Gasteiger partial charge in [-0.1, -0.05) is 38.8 Å². The van der Waals surface area contributed by atoms with Crippen molar-refractivity contribution in [2.24, 2.45) is 11.8 Å². The Balaban J connectivity index is 1.83. The highest BCUT2D eigenvalue weighted by molar-refractivity contribution is 5.93. The molecule has 0 spiro atoms. The Bertz CT molecular complexity index is 543. The van der Waals surface area contributed by atoms with E-state index in [1.165, 1.54) is 18.6 Å². The van der Waals surface area contributed by atoms with Gasteiger partial charge in [0, 0.05) is 6.04 Å². The Kier molecular flexibility index (Phi) is 5.41. The molecule has 1 aromatic carbocycles. The molecule has 5 heteroatoms. The van der Waals surface area contributed by atoms with Crippen LogP contribution < -0.4 is 5.32 Å². The third-order valence-electron chi connectivity index (χ3n) is 4.51. The zero-order valence-electron chi connectivity index (χ0n) is 13.0. The molecule has 2 N–H and O–H groups in total. The van der Waals surface area contributed by atoms with Crippen LogP contribution in [0.2, 0.25) is 0 Å². The summed E-state index contributed by atoms with van der Waals surface area (Å²) in [6.45, 7) is 4.01. The Morgan fingerprint density at radius 2 is 2.00 bits per heavy atom. The molecule has 1 fully saturated rings. The Labute approximate surface area is 130 Å². The fraction of sp³-hybridized carbons (Fsp3) is 0.529. The van der Waals surface area contributed by atoms with Crippen molar-refractivity contribution in [3.63, 3.8) is 0 Å².